The summed E-state index contributed by atoms with van der Waals surface area (Å²) in [5.74, 6) is -1.87. The maximum Gasteiger partial charge on any atom is 1.00 e. The molecule has 1 amide bonds. The molecule has 0 aromatic heterocycles. The predicted molar refractivity (Wildman–Crippen MR) is 49.6 cm³/mol. The Hall–Kier alpha value is -0.400. The average Bonchev–Trinajstić information content (AvgIpc) is 2.02. The molecule has 0 aliphatic heterocycles. The first-order chi connectivity index (χ1) is 6.47. The Bertz CT molecular complexity index is 418. The van der Waals surface area contributed by atoms with Gasteiger partial charge in [0.1, 0.15) is 15.9 Å². The maximum absolute atomic E-state index is 10.9. The summed E-state index contributed by atoms with van der Waals surface area (Å²) in [7, 11) is -4.51. The number of hydrogen-bond donors (Lipinski definition) is 1. The number of hydrogen-bond acceptors (Lipinski definition) is 4. The molecule has 0 fully saturated rings. The fraction of sp³-hybridized carbons (Fsp3) is 0.125. The van der Waals surface area contributed by atoms with E-state index in [9.17, 15) is 17.8 Å². The second-order valence-corrected chi connectivity index (χ2v) is 4.02. The van der Waals surface area contributed by atoms with E-state index in [2.05, 4.69) is 5.32 Å². The smallest absolute Gasteiger partial charge is 0.748 e. The minimum Gasteiger partial charge on any atom is -0.748 e. The van der Waals surface area contributed by atoms with E-state index in [0.29, 0.717) is 5.69 Å². The third-order valence-corrected chi connectivity index (χ3v) is 1.98. The number of rotatable bonds is 3. The Kier molecular flexibility index (Phi) is 6.07. The van der Waals surface area contributed by atoms with Gasteiger partial charge in [0.05, 0.1) is 0 Å². The molecule has 0 bridgehead atoms. The van der Waals surface area contributed by atoms with Gasteiger partial charge in [-0.1, -0.05) is 18.2 Å². The van der Waals surface area contributed by atoms with Crippen LogP contribution in [0.5, 0.6) is 0 Å². The number of carbonyl (C=O) groups is 1. The van der Waals surface area contributed by atoms with Crippen molar-refractivity contribution in [1.29, 1.82) is 0 Å². The van der Waals surface area contributed by atoms with E-state index in [0.717, 1.165) is 0 Å². The van der Waals surface area contributed by atoms with Gasteiger partial charge in [-0.2, -0.15) is 0 Å². The normalized spacial score (nSPS) is 10.2. The van der Waals surface area contributed by atoms with Gasteiger partial charge in [-0.25, -0.2) is 8.42 Å². The van der Waals surface area contributed by atoms with Crippen LogP contribution >= 0.6 is 0 Å². The predicted octanol–water partition coefficient (Wildman–Crippen LogP) is -2.83. The first kappa shape index (κ1) is 14.6. The first-order valence-corrected chi connectivity index (χ1v) is 5.33. The van der Waals surface area contributed by atoms with Crippen LogP contribution in [0, 0.1) is 0 Å². The summed E-state index contributed by atoms with van der Waals surface area (Å²) in [5, 5.41) is 2.28. The SMILES string of the molecule is O=C(CS(=O)(=O)[O-])Nc1ccccc1.[Na+]. The second kappa shape index (κ2) is 6.24. The van der Waals surface area contributed by atoms with Gasteiger partial charge < -0.3 is 9.87 Å². The summed E-state index contributed by atoms with van der Waals surface area (Å²) >= 11 is 0. The van der Waals surface area contributed by atoms with Crippen LogP contribution in [0.2, 0.25) is 0 Å². The molecule has 7 heteroatoms. The molecule has 0 heterocycles. The number of para-hydroxylation sites is 1. The average molecular weight is 237 g/mol. The van der Waals surface area contributed by atoms with Gasteiger partial charge in [0.15, 0.2) is 0 Å². The molecule has 1 rings (SSSR count). The van der Waals surface area contributed by atoms with Gasteiger partial charge >= 0.3 is 29.6 Å². The molecule has 0 unspecified atom stereocenters. The Balaban J connectivity index is 0.00000196. The zero-order valence-corrected chi connectivity index (χ0v) is 11.0. The number of carbonyl (C=O) groups excluding carboxylic acids is 1. The Morgan fingerprint density at radius 2 is 1.80 bits per heavy atom. The van der Waals surface area contributed by atoms with Crippen molar-refractivity contribution in [2.24, 2.45) is 0 Å². The molecule has 0 atom stereocenters. The Morgan fingerprint density at radius 3 is 2.27 bits per heavy atom. The van der Waals surface area contributed by atoms with Crippen molar-refractivity contribution in [3.05, 3.63) is 30.3 Å². The monoisotopic (exact) mass is 237 g/mol. The minimum absolute atomic E-state index is 0. The Morgan fingerprint density at radius 1 is 1.27 bits per heavy atom. The zero-order valence-electron chi connectivity index (χ0n) is 8.14. The van der Waals surface area contributed by atoms with Crippen molar-refractivity contribution < 1.29 is 47.3 Å². The fourth-order valence-corrected chi connectivity index (χ4v) is 1.27. The van der Waals surface area contributed by atoms with Crippen LogP contribution in [-0.4, -0.2) is 24.6 Å². The van der Waals surface area contributed by atoms with Crippen LogP contribution < -0.4 is 34.9 Å². The van der Waals surface area contributed by atoms with E-state index in [4.69, 9.17) is 0 Å². The van der Waals surface area contributed by atoms with Crippen molar-refractivity contribution in [2.45, 2.75) is 0 Å². The van der Waals surface area contributed by atoms with Gasteiger partial charge in [-0.3, -0.25) is 4.79 Å². The van der Waals surface area contributed by atoms with E-state index in [-0.39, 0.29) is 29.6 Å². The third kappa shape index (κ3) is 6.64. The number of nitrogens with one attached hydrogen (secondary N) is 1. The quantitative estimate of drug-likeness (QED) is 0.453. The van der Waals surface area contributed by atoms with E-state index in [1.54, 1.807) is 30.3 Å². The summed E-state index contributed by atoms with van der Waals surface area (Å²) in [5.41, 5.74) is 0.459. The van der Waals surface area contributed by atoms with Crippen molar-refractivity contribution in [1.82, 2.24) is 0 Å². The minimum atomic E-state index is -4.51. The molecule has 5 nitrogen and oxygen atoms in total. The van der Waals surface area contributed by atoms with Gasteiger partial charge in [-0.15, -0.1) is 0 Å². The molecule has 0 radical (unpaired) electrons. The molecule has 76 valence electrons. The topological polar surface area (TPSA) is 86.3 Å². The fourth-order valence-electron chi connectivity index (χ4n) is 0.879. The van der Waals surface area contributed by atoms with Crippen molar-refractivity contribution in [3.8, 4) is 0 Å². The molecule has 0 saturated carbocycles. The van der Waals surface area contributed by atoms with Gasteiger partial charge in [0.25, 0.3) is 0 Å². The molecule has 1 aromatic carbocycles. The van der Waals surface area contributed by atoms with Crippen LogP contribution in [0.4, 0.5) is 5.69 Å². The van der Waals surface area contributed by atoms with E-state index in [1.807, 2.05) is 0 Å². The number of amides is 1. The molecule has 0 saturated heterocycles. The summed E-state index contributed by atoms with van der Waals surface area (Å²) in [6.45, 7) is 0. The van der Waals surface area contributed by atoms with Gasteiger partial charge in [0, 0.05) is 5.69 Å². The van der Waals surface area contributed by atoms with E-state index < -0.39 is 21.8 Å². The summed E-state index contributed by atoms with van der Waals surface area (Å²) < 4.78 is 30.6. The molecule has 15 heavy (non-hydrogen) atoms. The third-order valence-electron chi connectivity index (χ3n) is 1.37. The largest absolute Gasteiger partial charge is 1.00 e. The number of anilines is 1. The first-order valence-electron chi connectivity index (χ1n) is 3.76. The summed E-state index contributed by atoms with van der Waals surface area (Å²) in [6.07, 6.45) is 0. The molecular weight excluding hydrogens is 229 g/mol. The van der Waals surface area contributed by atoms with E-state index >= 15 is 0 Å². The maximum atomic E-state index is 10.9. The molecule has 1 N–H and O–H groups in total. The van der Waals surface area contributed by atoms with E-state index in [1.165, 1.54) is 0 Å². The molecule has 0 spiro atoms. The summed E-state index contributed by atoms with van der Waals surface area (Å²) in [4.78, 5) is 10.9. The Labute approximate surface area is 110 Å². The zero-order chi connectivity index (χ0) is 10.6. The summed E-state index contributed by atoms with van der Waals surface area (Å²) in [6, 6.07) is 8.30. The van der Waals surface area contributed by atoms with Crippen molar-refractivity contribution in [3.63, 3.8) is 0 Å². The number of benzene rings is 1. The van der Waals surface area contributed by atoms with Crippen LogP contribution in [0.3, 0.4) is 0 Å². The van der Waals surface area contributed by atoms with Crippen LogP contribution in [0.1, 0.15) is 0 Å². The van der Waals surface area contributed by atoms with Crippen LogP contribution in [0.25, 0.3) is 0 Å². The van der Waals surface area contributed by atoms with Crippen LogP contribution in [0.15, 0.2) is 30.3 Å². The van der Waals surface area contributed by atoms with Gasteiger partial charge in [-0.05, 0) is 12.1 Å². The van der Waals surface area contributed by atoms with Gasteiger partial charge in [0.2, 0.25) is 5.91 Å². The second-order valence-electron chi connectivity index (χ2n) is 2.62. The standard InChI is InChI=1S/C8H9NO4S.Na/c10-8(6-14(11,12)13)9-7-4-2-1-3-5-7;/h1-5H,6H2,(H,9,10)(H,11,12,13);/q;+1/p-1. The van der Waals surface area contributed by atoms with Crippen molar-refractivity contribution >= 4 is 21.7 Å². The van der Waals surface area contributed by atoms with Crippen molar-refractivity contribution in [2.75, 3.05) is 11.1 Å². The van der Waals surface area contributed by atoms with Crippen LogP contribution in [-0.2, 0) is 14.9 Å². The molecule has 1 aromatic rings. The molecule has 0 aliphatic rings. The molecule has 0 aliphatic carbocycles. The molecular formula is C8H8NNaO4S.